The highest BCUT2D eigenvalue weighted by Gasteiger charge is 2.35. The van der Waals surface area contributed by atoms with Gasteiger partial charge in [0.1, 0.15) is 23.7 Å². The molecule has 22 heavy (non-hydrogen) atoms. The minimum absolute atomic E-state index is 0.0361. The normalized spacial score (nSPS) is 27.9. The van der Waals surface area contributed by atoms with E-state index in [-0.39, 0.29) is 18.5 Å². The van der Waals surface area contributed by atoms with Crippen LogP contribution in [0.5, 0.6) is 5.75 Å². The van der Waals surface area contributed by atoms with E-state index in [0.717, 1.165) is 35.5 Å². The van der Waals surface area contributed by atoms with E-state index in [0.29, 0.717) is 6.61 Å². The van der Waals surface area contributed by atoms with Gasteiger partial charge < -0.3 is 18.9 Å². The fourth-order valence-corrected chi connectivity index (χ4v) is 2.74. The third-order valence-corrected chi connectivity index (χ3v) is 3.99. The van der Waals surface area contributed by atoms with E-state index in [9.17, 15) is 0 Å². The summed E-state index contributed by atoms with van der Waals surface area (Å²) in [6.07, 6.45) is 3.57. The van der Waals surface area contributed by atoms with Gasteiger partial charge in [0.25, 0.3) is 0 Å². The molecular formula is C18H22O4. The fourth-order valence-electron chi connectivity index (χ4n) is 2.74. The van der Waals surface area contributed by atoms with Gasteiger partial charge in [0, 0.05) is 5.56 Å². The van der Waals surface area contributed by atoms with Crippen LogP contribution >= 0.6 is 0 Å². The number of ether oxygens (including phenoxy) is 4. The van der Waals surface area contributed by atoms with Crippen molar-refractivity contribution in [3.8, 4) is 5.75 Å². The minimum atomic E-state index is -0.345. The van der Waals surface area contributed by atoms with E-state index in [4.69, 9.17) is 18.9 Å². The maximum absolute atomic E-state index is 6.11. The standard InChI is InChI=1S/C18H22O4/c1-12(2)15-5-4-6-16-17(21-15)11-20-18(22-16)13-7-9-14(19-3)10-8-13/h5,7-10,16-18H,1,4,6,11H2,2-3H3/t16-,17+,18+/m0/s1. The second kappa shape index (κ2) is 6.55. The monoisotopic (exact) mass is 302 g/mol. The van der Waals surface area contributed by atoms with Gasteiger partial charge in [0.15, 0.2) is 6.29 Å². The van der Waals surface area contributed by atoms with Gasteiger partial charge in [-0.15, -0.1) is 0 Å². The van der Waals surface area contributed by atoms with E-state index in [1.807, 2.05) is 31.2 Å². The van der Waals surface area contributed by atoms with Gasteiger partial charge in [0.2, 0.25) is 0 Å². The highest BCUT2D eigenvalue weighted by molar-refractivity contribution is 5.28. The third-order valence-electron chi connectivity index (χ3n) is 3.99. The maximum atomic E-state index is 6.11. The van der Waals surface area contributed by atoms with Crippen LogP contribution in [0, 0.1) is 0 Å². The molecule has 2 aliphatic heterocycles. The number of hydrogen-bond donors (Lipinski definition) is 0. The van der Waals surface area contributed by atoms with E-state index < -0.39 is 0 Å². The highest BCUT2D eigenvalue weighted by Crippen LogP contribution is 2.33. The highest BCUT2D eigenvalue weighted by atomic mass is 16.7. The SMILES string of the molecule is C=C(C)C1=CCC[C@@H]2O[C@H](c3ccc(OC)cc3)OC[C@H]2O1. The molecule has 3 atom stereocenters. The van der Waals surface area contributed by atoms with Crippen molar-refractivity contribution >= 4 is 0 Å². The topological polar surface area (TPSA) is 36.9 Å². The molecule has 0 saturated carbocycles. The molecule has 1 aromatic rings. The summed E-state index contributed by atoms with van der Waals surface area (Å²) in [6, 6.07) is 7.77. The first kappa shape index (κ1) is 15.1. The fraction of sp³-hybridized carbons (Fsp3) is 0.444. The van der Waals surface area contributed by atoms with Gasteiger partial charge in [-0.3, -0.25) is 0 Å². The van der Waals surface area contributed by atoms with Crippen molar-refractivity contribution in [1.82, 2.24) is 0 Å². The van der Waals surface area contributed by atoms with Gasteiger partial charge in [-0.05, 0) is 43.5 Å². The van der Waals surface area contributed by atoms with Crippen molar-refractivity contribution in [3.63, 3.8) is 0 Å². The van der Waals surface area contributed by atoms with Gasteiger partial charge in [0.05, 0.1) is 13.7 Å². The summed E-state index contributed by atoms with van der Waals surface area (Å²) in [7, 11) is 1.66. The van der Waals surface area contributed by atoms with Gasteiger partial charge >= 0.3 is 0 Å². The molecule has 3 rings (SSSR count). The lowest BCUT2D eigenvalue weighted by atomic mass is 10.1. The van der Waals surface area contributed by atoms with Crippen LogP contribution in [-0.4, -0.2) is 25.9 Å². The largest absolute Gasteiger partial charge is 0.497 e. The second-order valence-corrected chi connectivity index (χ2v) is 5.70. The van der Waals surface area contributed by atoms with Crippen LogP contribution in [0.2, 0.25) is 0 Å². The summed E-state index contributed by atoms with van der Waals surface area (Å²) in [4.78, 5) is 0. The smallest absolute Gasteiger partial charge is 0.184 e. The Balaban J connectivity index is 1.68. The molecule has 2 aliphatic rings. The molecule has 0 bridgehead atoms. The predicted molar refractivity (Wildman–Crippen MR) is 83.6 cm³/mol. The number of benzene rings is 1. The zero-order valence-electron chi connectivity index (χ0n) is 13.1. The Kier molecular flexibility index (Phi) is 4.50. The van der Waals surface area contributed by atoms with Gasteiger partial charge in [-0.25, -0.2) is 0 Å². The molecule has 0 unspecified atom stereocenters. The molecule has 0 aromatic heterocycles. The van der Waals surface area contributed by atoms with Crippen LogP contribution in [0.15, 0.2) is 48.3 Å². The molecule has 1 fully saturated rings. The van der Waals surface area contributed by atoms with Crippen molar-refractivity contribution in [2.24, 2.45) is 0 Å². The Labute approximate surface area is 131 Å². The molecule has 118 valence electrons. The first-order valence-corrected chi connectivity index (χ1v) is 7.61. The van der Waals surface area contributed by atoms with Crippen molar-refractivity contribution < 1.29 is 18.9 Å². The Bertz CT molecular complexity index is 561. The zero-order chi connectivity index (χ0) is 15.5. The lowest BCUT2D eigenvalue weighted by Crippen LogP contribution is -2.41. The Morgan fingerprint density at radius 3 is 2.68 bits per heavy atom. The molecule has 4 nitrogen and oxygen atoms in total. The van der Waals surface area contributed by atoms with E-state index in [1.54, 1.807) is 7.11 Å². The molecule has 0 radical (unpaired) electrons. The van der Waals surface area contributed by atoms with Gasteiger partial charge in [-0.2, -0.15) is 0 Å². The number of hydrogen-bond acceptors (Lipinski definition) is 4. The molecule has 0 amide bonds. The van der Waals surface area contributed by atoms with E-state index >= 15 is 0 Å². The molecule has 1 saturated heterocycles. The summed E-state index contributed by atoms with van der Waals surface area (Å²) in [5.41, 5.74) is 1.94. The van der Waals surface area contributed by atoms with Crippen molar-refractivity contribution in [2.45, 2.75) is 38.3 Å². The Hall–Kier alpha value is -1.78. The molecule has 0 N–H and O–H groups in total. The predicted octanol–water partition coefficient (Wildman–Crippen LogP) is 3.75. The summed E-state index contributed by atoms with van der Waals surface area (Å²) < 4.78 is 23.1. The van der Waals surface area contributed by atoms with Crippen LogP contribution in [0.1, 0.15) is 31.6 Å². The second-order valence-electron chi connectivity index (χ2n) is 5.70. The van der Waals surface area contributed by atoms with Crippen molar-refractivity contribution in [1.29, 1.82) is 0 Å². The van der Waals surface area contributed by atoms with Crippen LogP contribution in [0.3, 0.4) is 0 Å². The average Bonchev–Trinajstić information content (AvgIpc) is 2.76. The first-order chi connectivity index (χ1) is 10.7. The van der Waals surface area contributed by atoms with Gasteiger partial charge in [-0.1, -0.05) is 18.7 Å². The summed E-state index contributed by atoms with van der Waals surface area (Å²) in [5.74, 6) is 1.69. The van der Waals surface area contributed by atoms with E-state index in [1.165, 1.54) is 0 Å². The summed E-state index contributed by atoms with van der Waals surface area (Å²) in [5, 5.41) is 0. The zero-order valence-corrected chi connectivity index (χ0v) is 13.1. The average molecular weight is 302 g/mol. The van der Waals surface area contributed by atoms with Crippen LogP contribution in [0.25, 0.3) is 0 Å². The molecule has 1 aromatic carbocycles. The van der Waals surface area contributed by atoms with Crippen molar-refractivity contribution in [3.05, 3.63) is 53.8 Å². The maximum Gasteiger partial charge on any atom is 0.184 e. The first-order valence-electron chi connectivity index (χ1n) is 7.61. The Morgan fingerprint density at radius 2 is 2.00 bits per heavy atom. The number of allylic oxidation sites excluding steroid dienone is 2. The molecule has 0 aliphatic carbocycles. The van der Waals surface area contributed by atoms with Crippen LogP contribution in [-0.2, 0) is 14.2 Å². The molecule has 2 heterocycles. The van der Waals surface area contributed by atoms with Crippen molar-refractivity contribution in [2.75, 3.05) is 13.7 Å². The third kappa shape index (κ3) is 3.18. The minimum Gasteiger partial charge on any atom is -0.497 e. The number of rotatable bonds is 3. The summed E-state index contributed by atoms with van der Waals surface area (Å²) in [6.45, 7) is 6.43. The lowest BCUT2D eigenvalue weighted by molar-refractivity contribution is -0.258. The van der Waals surface area contributed by atoms with Crippen LogP contribution in [0.4, 0.5) is 0 Å². The van der Waals surface area contributed by atoms with Crippen LogP contribution < -0.4 is 4.74 Å². The number of fused-ring (bicyclic) bond motifs is 1. The molecule has 4 heteroatoms. The quantitative estimate of drug-likeness (QED) is 0.852. The number of methoxy groups -OCH3 is 1. The summed E-state index contributed by atoms with van der Waals surface area (Å²) >= 11 is 0. The van der Waals surface area contributed by atoms with E-state index in [2.05, 4.69) is 12.7 Å². The lowest BCUT2D eigenvalue weighted by Gasteiger charge is -2.36. The molecular weight excluding hydrogens is 280 g/mol. The Morgan fingerprint density at radius 1 is 1.23 bits per heavy atom. The molecule has 0 spiro atoms.